The summed E-state index contributed by atoms with van der Waals surface area (Å²) in [5.41, 5.74) is 0.00411. The predicted octanol–water partition coefficient (Wildman–Crippen LogP) is 5.33. The third-order valence-corrected chi connectivity index (χ3v) is 5.79. The van der Waals surface area contributed by atoms with Gasteiger partial charge in [-0.25, -0.2) is 17.6 Å². The number of anilines is 1. The van der Waals surface area contributed by atoms with Crippen LogP contribution in [0.2, 0.25) is 5.02 Å². The van der Waals surface area contributed by atoms with Crippen molar-refractivity contribution < 1.29 is 22.4 Å². The minimum absolute atomic E-state index is 0.214. The van der Waals surface area contributed by atoms with Crippen LogP contribution in [0.25, 0.3) is 0 Å². The number of pyridine rings is 1. The number of carbonyl (C=O) groups is 1. The molecule has 1 aliphatic carbocycles. The summed E-state index contributed by atoms with van der Waals surface area (Å²) in [6, 6.07) is 1.50. The van der Waals surface area contributed by atoms with Crippen LogP contribution in [0.1, 0.15) is 47.2 Å². The van der Waals surface area contributed by atoms with E-state index in [9.17, 15) is 22.4 Å². The van der Waals surface area contributed by atoms with Crippen molar-refractivity contribution in [2.24, 2.45) is 5.92 Å². The van der Waals surface area contributed by atoms with Crippen molar-refractivity contribution in [2.45, 2.75) is 45.3 Å². The molecule has 9 heteroatoms. The second kappa shape index (κ2) is 9.64. The summed E-state index contributed by atoms with van der Waals surface area (Å²) in [7, 11) is 0. The molecule has 0 spiro atoms. The van der Waals surface area contributed by atoms with Crippen LogP contribution >= 0.6 is 11.6 Å². The van der Waals surface area contributed by atoms with Crippen molar-refractivity contribution in [1.82, 2.24) is 10.3 Å². The quantitative estimate of drug-likeness (QED) is 0.360. The number of halogens is 5. The number of nitrogens with one attached hydrogen (secondary N) is 2. The lowest BCUT2D eigenvalue weighted by molar-refractivity contribution is 0.0918. The summed E-state index contributed by atoms with van der Waals surface area (Å²) in [5, 5.41) is 5.07. The molecule has 0 saturated heterocycles. The predicted molar refractivity (Wildman–Crippen MR) is 107 cm³/mol. The second-order valence-corrected chi connectivity index (χ2v) is 7.92. The van der Waals surface area contributed by atoms with Crippen molar-refractivity contribution in [2.75, 3.05) is 11.9 Å². The van der Waals surface area contributed by atoms with E-state index in [0.717, 1.165) is 25.5 Å². The normalized spacial score (nSPS) is 18.9. The molecule has 1 amide bonds. The van der Waals surface area contributed by atoms with Gasteiger partial charge >= 0.3 is 0 Å². The van der Waals surface area contributed by atoms with Crippen LogP contribution in [-0.4, -0.2) is 23.5 Å². The Balaban J connectivity index is 1.54. The maximum Gasteiger partial charge on any atom is 0.256 e. The second-order valence-electron chi connectivity index (χ2n) is 7.54. The van der Waals surface area contributed by atoms with Crippen molar-refractivity contribution >= 4 is 23.2 Å². The van der Waals surface area contributed by atoms with E-state index in [4.69, 9.17) is 11.6 Å². The molecule has 0 radical (unpaired) electrons. The number of rotatable bonds is 6. The fourth-order valence-corrected chi connectivity index (χ4v) is 3.89. The Kier molecular flexibility index (Phi) is 7.18. The highest BCUT2D eigenvalue weighted by atomic mass is 35.5. The first-order valence-corrected chi connectivity index (χ1v) is 10.1. The van der Waals surface area contributed by atoms with E-state index in [-0.39, 0.29) is 6.04 Å². The van der Waals surface area contributed by atoms with Crippen LogP contribution < -0.4 is 10.6 Å². The molecule has 2 aromatic rings. The molecule has 1 aromatic carbocycles. The monoisotopic (exact) mass is 443 g/mol. The van der Waals surface area contributed by atoms with Crippen molar-refractivity contribution in [3.8, 4) is 0 Å². The van der Waals surface area contributed by atoms with E-state index in [2.05, 4.69) is 15.6 Å². The molecule has 0 unspecified atom stereocenters. The largest absolute Gasteiger partial charge is 0.384 e. The molecule has 1 aliphatic rings. The molecule has 162 valence electrons. The minimum Gasteiger partial charge on any atom is -0.384 e. The van der Waals surface area contributed by atoms with Gasteiger partial charge in [-0.05, 0) is 44.6 Å². The van der Waals surface area contributed by atoms with E-state index < -0.39 is 46.2 Å². The summed E-state index contributed by atoms with van der Waals surface area (Å²) in [6.45, 7) is 1.16. The fourth-order valence-electron chi connectivity index (χ4n) is 3.64. The number of nitrogens with zero attached hydrogens (tertiary/aromatic N) is 1. The lowest BCUT2D eigenvalue weighted by Crippen LogP contribution is -2.39. The summed E-state index contributed by atoms with van der Waals surface area (Å²) in [6.07, 6.45) is 6.03. The zero-order valence-corrected chi connectivity index (χ0v) is 17.1. The Labute approximate surface area is 177 Å². The van der Waals surface area contributed by atoms with Crippen molar-refractivity contribution in [3.63, 3.8) is 0 Å². The van der Waals surface area contributed by atoms with Gasteiger partial charge in [0, 0.05) is 36.1 Å². The average molecular weight is 444 g/mol. The highest BCUT2D eigenvalue weighted by Crippen LogP contribution is 2.30. The highest BCUT2D eigenvalue weighted by Gasteiger charge is 2.29. The maximum atomic E-state index is 14.3. The Morgan fingerprint density at radius 1 is 1.13 bits per heavy atom. The molecule has 30 heavy (non-hydrogen) atoms. The molecule has 1 aromatic heterocycles. The van der Waals surface area contributed by atoms with E-state index in [1.165, 1.54) is 6.20 Å². The van der Waals surface area contributed by atoms with Gasteiger partial charge in [-0.15, -0.1) is 0 Å². The first-order chi connectivity index (χ1) is 14.3. The van der Waals surface area contributed by atoms with Gasteiger partial charge in [0.25, 0.3) is 5.91 Å². The Morgan fingerprint density at radius 3 is 2.50 bits per heavy atom. The fraction of sp³-hybridized carbons (Fsp3) is 0.429. The van der Waals surface area contributed by atoms with Gasteiger partial charge in [0.1, 0.15) is 12.5 Å². The molecule has 3 rings (SSSR count). The molecule has 2 N–H and O–H groups in total. The van der Waals surface area contributed by atoms with Crippen molar-refractivity contribution in [3.05, 3.63) is 57.6 Å². The first kappa shape index (κ1) is 22.3. The lowest BCUT2D eigenvalue weighted by atomic mass is 9.86. The van der Waals surface area contributed by atoms with Crippen LogP contribution in [0.3, 0.4) is 0 Å². The summed E-state index contributed by atoms with van der Waals surface area (Å²) >= 11 is 5.68. The number of carbonyl (C=O) groups excluding carboxylic acids is 1. The molecule has 0 atom stereocenters. The molecule has 1 fully saturated rings. The van der Waals surface area contributed by atoms with Crippen LogP contribution in [0.15, 0.2) is 18.5 Å². The van der Waals surface area contributed by atoms with Gasteiger partial charge < -0.3 is 10.6 Å². The van der Waals surface area contributed by atoms with Gasteiger partial charge in [0.05, 0.1) is 16.3 Å². The van der Waals surface area contributed by atoms with E-state index in [1.54, 1.807) is 12.3 Å². The summed E-state index contributed by atoms with van der Waals surface area (Å²) in [5.74, 6) is -4.48. The van der Waals surface area contributed by atoms with Crippen LogP contribution in [0.4, 0.5) is 23.2 Å². The molecule has 0 bridgehead atoms. The Morgan fingerprint density at radius 2 is 1.83 bits per heavy atom. The summed E-state index contributed by atoms with van der Waals surface area (Å²) < 4.78 is 54.4. The van der Waals surface area contributed by atoms with Gasteiger partial charge in [0.2, 0.25) is 0 Å². The van der Waals surface area contributed by atoms with Gasteiger partial charge in [-0.3, -0.25) is 9.78 Å². The molecule has 1 saturated carbocycles. The standard InChI is InChI=1S/C21H22ClF4N3O/c1-11-18(24)16(17(22)20(26)19(11)25)21(30)29-14-4-2-12(3-5-14)9-28-15-6-13(7-23)8-27-10-15/h6,8,10,12,14,28H,2-5,7,9H2,1H3,(H,29,30). The minimum atomic E-state index is -1.43. The van der Waals surface area contributed by atoms with Crippen LogP contribution in [-0.2, 0) is 6.67 Å². The van der Waals surface area contributed by atoms with Crippen LogP contribution in [0, 0.1) is 30.3 Å². The first-order valence-electron chi connectivity index (χ1n) is 9.69. The van der Waals surface area contributed by atoms with Crippen molar-refractivity contribution in [1.29, 1.82) is 0 Å². The number of hydrogen-bond donors (Lipinski definition) is 2. The van der Waals surface area contributed by atoms with E-state index in [1.807, 2.05) is 0 Å². The smallest absolute Gasteiger partial charge is 0.256 e. The lowest BCUT2D eigenvalue weighted by Gasteiger charge is -2.29. The Bertz CT molecular complexity index is 904. The molecule has 4 nitrogen and oxygen atoms in total. The number of alkyl halides is 1. The summed E-state index contributed by atoms with van der Waals surface area (Å²) in [4.78, 5) is 16.4. The highest BCUT2D eigenvalue weighted by molar-refractivity contribution is 6.34. The SMILES string of the molecule is Cc1c(F)c(F)c(Cl)c(C(=O)NC2CCC(CNc3cncc(CF)c3)CC2)c1F. The number of hydrogen-bond acceptors (Lipinski definition) is 3. The average Bonchev–Trinajstić information content (AvgIpc) is 2.76. The molecular weight excluding hydrogens is 422 g/mol. The molecular formula is C21H22ClF4N3O. The van der Waals surface area contributed by atoms with Crippen LogP contribution in [0.5, 0.6) is 0 Å². The molecule has 1 heterocycles. The van der Waals surface area contributed by atoms with Gasteiger partial charge in [-0.1, -0.05) is 11.6 Å². The zero-order chi connectivity index (χ0) is 21.8. The zero-order valence-electron chi connectivity index (χ0n) is 16.4. The number of aromatic nitrogens is 1. The number of benzene rings is 1. The van der Waals surface area contributed by atoms with E-state index in [0.29, 0.717) is 30.9 Å². The van der Waals surface area contributed by atoms with Gasteiger partial charge in [0.15, 0.2) is 11.6 Å². The number of amides is 1. The topological polar surface area (TPSA) is 54.0 Å². The maximum absolute atomic E-state index is 14.3. The van der Waals surface area contributed by atoms with E-state index >= 15 is 0 Å². The molecule has 0 aliphatic heterocycles. The third-order valence-electron chi connectivity index (χ3n) is 5.44. The van der Waals surface area contributed by atoms with Gasteiger partial charge in [-0.2, -0.15) is 0 Å². The third kappa shape index (κ3) is 4.86. The Hall–Kier alpha value is -2.35.